The first-order valence-corrected chi connectivity index (χ1v) is 7.33. The Labute approximate surface area is 118 Å². The van der Waals surface area contributed by atoms with Crippen LogP contribution in [0.2, 0.25) is 0 Å². The first-order chi connectivity index (χ1) is 8.04. The predicted molar refractivity (Wildman–Crippen MR) is 78.2 cm³/mol. The molecule has 96 valence electrons. The number of hydrogen-bond donors (Lipinski definition) is 0. The van der Waals surface area contributed by atoms with Crippen molar-refractivity contribution in [2.24, 2.45) is 5.92 Å². The minimum atomic E-state index is 0.630. The van der Waals surface area contributed by atoms with Crippen LogP contribution in [0.4, 0.5) is 0 Å². The van der Waals surface area contributed by atoms with Gasteiger partial charge in [-0.2, -0.15) is 0 Å². The molecule has 0 N–H and O–H groups in total. The van der Waals surface area contributed by atoms with Crippen LogP contribution in [0, 0.1) is 19.8 Å². The summed E-state index contributed by atoms with van der Waals surface area (Å²) in [5.41, 5.74) is 2.43. The highest BCUT2D eigenvalue weighted by molar-refractivity contribution is 9.10. The Kier molecular flexibility index (Phi) is 6.35. The van der Waals surface area contributed by atoms with E-state index >= 15 is 0 Å². The normalized spacial score (nSPS) is 12.5. The Balaban J connectivity index is 2.47. The summed E-state index contributed by atoms with van der Waals surface area (Å²) in [6.07, 6.45) is 2.12. The van der Waals surface area contributed by atoms with Crippen LogP contribution in [0.15, 0.2) is 16.6 Å². The van der Waals surface area contributed by atoms with Gasteiger partial charge in [0.1, 0.15) is 5.75 Å². The number of aryl methyl sites for hydroxylation is 2. The number of rotatable bonds is 6. The standard InChI is InChI=1S/C14H20BrClO/c1-10(4-6-16)5-7-17-13-8-11(2)14(15)12(3)9-13/h8-10H,4-7H2,1-3H3. The summed E-state index contributed by atoms with van der Waals surface area (Å²) in [5.74, 6) is 2.32. The molecule has 1 aromatic rings. The van der Waals surface area contributed by atoms with E-state index in [2.05, 4.69) is 48.8 Å². The highest BCUT2D eigenvalue weighted by atomic mass is 79.9. The lowest BCUT2D eigenvalue weighted by atomic mass is 10.1. The maximum absolute atomic E-state index is 5.78. The molecule has 0 fully saturated rings. The van der Waals surface area contributed by atoms with E-state index in [9.17, 15) is 0 Å². The van der Waals surface area contributed by atoms with Gasteiger partial charge in [0.2, 0.25) is 0 Å². The fourth-order valence-electron chi connectivity index (χ4n) is 1.70. The van der Waals surface area contributed by atoms with Gasteiger partial charge in [0.15, 0.2) is 0 Å². The second kappa shape index (κ2) is 7.27. The number of hydrogen-bond acceptors (Lipinski definition) is 1. The molecule has 1 unspecified atom stereocenters. The second-order valence-electron chi connectivity index (χ2n) is 4.59. The van der Waals surface area contributed by atoms with E-state index in [1.807, 2.05) is 0 Å². The molecule has 0 radical (unpaired) electrons. The van der Waals surface area contributed by atoms with Crippen LogP contribution in [0.5, 0.6) is 5.75 Å². The van der Waals surface area contributed by atoms with Gasteiger partial charge in [-0.15, -0.1) is 11.6 Å². The molecule has 3 heteroatoms. The van der Waals surface area contributed by atoms with E-state index in [0.29, 0.717) is 5.92 Å². The third kappa shape index (κ3) is 4.89. The molecule has 1 aromatic carbocycles. The molecule has 0 heterocycles. The maximum atomic E-state index is 5.78. The molecule has 0 aliphatic carbocycles. The van der Waals surface area contributed by atoms with Crippen molar-refractivity contribution in [1.29, 1.82) is 0 Å². The van der Waals surface area contributed by atoms with Gasteiger partial charge in [-0.25, -0.2) is 0 Å². The molecule has 0 aliphatic rings. The molecular weight excluding hydrogens is 300 g/mol. The molecule has 1 atom stereocenters. The van der Waals surface area contributed by atoms with Crippen LogP contribution < -0.4 is 4.74 Å². The summed E-state index contributed by atoms with van der Waals surface area (Å²) < 4.78 is 6.94. The molecule has 0 spiro atoms. The monoisotopic (exact) mass is 318 g/mol. The quantitative estimate of drug-likeness (QED) is 0.663. The molecular formula is C14H20BrClO. The van der Waals surface area contributed by atoms with Gasteiger partial charge >= 0.3 is 0 Å². The van der Waals surface area contributed by atoms with Gasteiger partial charge in [-0.05, 0) is 55.9 Å². The Bertz CT molecular complexity index is 342. The number of ether oxygens (including phenoxy) is 1. The van der Waals surface area contributed by atoms with E-state index in [-0.39, 0.29) is 0 Å². The fraction of sp³-hybridized carbons (Fsp3) is 0.571. The van der Waals surface area contributed by atoms with E-state index < -0.39 is 0 Å². The first kappa shape index (κ1) is 14.8. The van der Waals surface area contributed by atoms with E-state index in [0.717, 1.165) is 31.1 Å². The zero-order valence-corrected chi connectivity index (χ0v) is 13.1. The van der Waals surface area contributed by atoms with Crippen LogP contribution in [-0.4, -0.2) is 12.5 Å². The van der Waals surface area contributed by atoms with Gasteiger partial charge in [0, 0.05) is 10.4 Å². The lowest BCUT2D eigenvalue weighted by Crippen LogP contribution is -2.05. The third-order valence-electron chi connectivity index (χ3n) is 2.89. The Morgan fingerprint density at radius 2 is 1.82 bits per heavy atom. The average Bonchev–Trinajstić information content (AvgIpc) is 2.26. The van der Waals surface area contributed by atoms with Crippen molar-refractivity contribution in [3.8, 4) is 5.75 Å². The summed E-state index contributed by atoms with van der Waals surface area (Å²) >= 11 is 9.26. The van der Waals surface area contributed by atoms with Gasteiger partial charge in [-0.3, -0.25) is 0 Å². The highest BCUT2D eigenvalue weighted by Crippen LogP contribution is 2.26. The second-order valence-corrected chi connectivity index (χ2v) is 5.76. The lowest BCUT2D eigenvalue weighted by molar-refractivity contribution is 0.281. The zero-order chi connectivity index (χ0) is 12.8. The summed E-state index contributed by atoms with van der Waals surface area (Å²) in [6, 6.07) is 4.15. The average molecular weight is 320 g/mol. The number of halogens is 2. The van der Waals surface area contributed by atoms with Crippen molar-refractivity contribution in [3.05, 3.63) is 27.7 Å². The van der Waals surface area contributed by atoms with Crippen molar-refractivity contribution in [1.82, 2.24) is 0 Å². The van der Waals surface area contributed by atoms with Gasteiger partial charge < -0.3 is 4.74 Å². The maximum Gasteiger partial charge on any atom is 0.119 e. The summed E-state index contributed by atoms with van der Waals surface area (Å²) in [6.45, 7) is 7.14. The van der Waals surface area contributed by atoms with Gasteiger partial charge in [0.05, 0.1) is 6.61 Å². The summed E-state index contributed by atoms with van der Waals surface area (Å²) in [4.78, 5) is 0. The Morgan fingerprint density at radius 1 is 1.24 bits per heavy atom. The van der Waals surface area contributed by atoms with E-state index in [4.69, 9.17) is 16.3 Å². The molecule has 0 aliphatic heterocycles. The van der Waals surface area contributed by atoms with Crippen molar-refractivity contribution in [2.45, 2.75) is 33.6 Å². The van der Waals surface area contributed by atoms with Crippen LogP contribution >= 0.6 is 27.5 Å². The molecule has 17 heavy (non-hydrogen) atoms. The fourth-order valence-corrected chi connectivity index (χ4v) is 2.30. The number of alkyl halides is 1. The SMILES string of the molecule is Cc1cc(OCCC(C)CCCl)cc(C)c1Br. The summed E-state index contributed by atoms with van der Waals surface area (Å²) in [5, 5.41) is 0. The largest absolute Gasteiger partial charge is 0.494 e. The van der Waals surface area contributed by atoms with Crippen LogP contribution in [0.1, 0.15) is 30.9 Å². The minimum absolute atomic E-state index is 0.630. The molecule has 0 saturated heterocycles. The van der Waals surface area contributed by atoms with Crippen molar-refractivity contribution < 1.29 is 4.74 Å². The van der Waals surface area contributed by atoms with E-state index in [1.54, 1.807) is 0 Å². The Hall–Kier alpha value is -0.210. The summed E-state index contributed by atoms with van der Waals surface area (Å²) in [7, 11) is 0. The zero-order valence-electron chi connectivity index (χ0n) is 10.7. The topological polar surface area (TPSA) is 9.23 Å². The van der Waals surface area contributed by atoms with Crippen molar-refractivity contribution in [3.63, 3.8) is 0 Å². The molecule has 0 bridgehead atoms. The molecule has 0 aromatic heterocycles. The lowest BCUT2D eigenvalue weighted by Gasteiger charge is -2.12. The van der Waals surface area contributed by atoms with E-state index in [1.165, 1.54) is 15.6 Å². The predicted octanol–water partition coefficient (Wildman–Crippen LogP) is 5.10. The smallest absolute Gasteiger partial charge is 0.119 e. The van der Waals surface area contributed by atoms with Crippen LogP contribution in [0.3, 0.4) is 0 Å². The van der Waals surface area contributed by atoms with Crippen molar-refractivity contribution in [2.75, 3.05) is 12.5 Å². The molecule has 0 amide bonds. The highest BCUT2D eigenvalue weighted by Gasteiger charge is 2.05. The molecule has 0 saturated carbocycles. The third-order valence-corrected chi connectivity index (χ3v) is 4.36. The van der Waals surface area contributed by atoms with Gasteiger partial charge in [-0.1, -0.05) is 22.9 Å². The molecule has 1 rings (SSSR count). The Morgan fingerprint density at radius 3 is 2.35 bits per heavy atom. The van der Waals surface area contributed by atoms with Crippen LogP contribution in [0.25, 0.3) is 0 Å². The minimum Gasteiger partial charge on any atom is -0.494 e. The molecule has 1 nitrogen and oxygen atoms in total. The van der Waals surface area contributed by atoms with Crippen molar-refractivity contribution >= 4 is 27.5 Å². The van der Waals surface area contributed by atoms with Crippen LogP contribution in [-0.2, 0) is 0 Å². The van der Waals surface area contributed by atoms with Gasteiger partial charge in [0.25, 0.3) is 0 Å². The first-order valence-electron chi connectivity index (χ1n) is 6.00. The number of benzene rings is 1.